The van der Waals surface area contributed by atoms with E-state index in [1.165, 1.54) is 11.0 Å². The minimum atomic E-state index is -0.660. The van der Waals surface area contributed by atoms with E-state index in [-0.39, 0.29) is 12.6 Å². The van der Waals surface area contributed by atoms with Crippen molar-refractivity contribution in [2.45, 2.75) is 6.04 Å². The van der Waals surface area contributed by atoms with Crippen molar-refractivity contribution in [1.29, 1.82) is 0 Å². The van der Waals surface area contributed by atoms with Crippen molar-refractivity contribution >= 4 is 17.5 Å². The van der Waals surface area contributed by atoms with Gasteiger partial charge in [-0.25, -0.2) is 0 Å². The molecule has 1 aliphatic rings. The van der Waals surface area contributed by atoms with Gasteiger partial charge < -0.3 is 29.6 Å². The van der Waals surface area contributed by atoms with E-state index in [9.17, 15) is 9.59 Å². The predicted octanol–water partition coefficient (Wildman–Crippen LogP) is 0.153. The van der Waals surface area contributed by atoms with Crippen LogP contribution in [0.15, 0.2) is 59.7 Å². The molecule has 160 valence electrons. The van der Waals surface area contributed by atoms with E-state index in [0.29, 0.717) is 6.54 Å². The second kappa shape index (κ2) is 10.5. The summed E-state index contributed by atoms with van der Waals surface area (Å²) in [6, 6.07) is 11.8. The van der Waals surface area contributed by atoms with Crippen LogP contribution in [0.25, 0.3) is 0 Å². The fourth-order valence-corrected chi connectivity index (χ4v) is 3.65. The molecular formula is C22H29N4O4+. The largest absolute Gasteiger partial charge is 0.497 e. The number of anilines is 1. The summed E-state index contributed by atoms with van der Waals surface area (Å²) in [4.78, 5) is 27.5. The number of quaternary nitrogens is 1. The first-order valence-corrected chi connectivity index (χ1v) is 10.1. The number of methoxy groups -OCH3 is 1. The first-order chi connectivity index (χ1) is 14.6. The second-order valence-electron chi connectivity index (χ2n) is 7.12. The Kier molecular flexibility index (Phi) is 7.51. The van der Waals surface area contributed by atoms with Gasteiger partial charge in [-0.15, -0.1) is 6.58 Å². The number of ether oxygens (including phenoxy) is 1. The summed E-state index contributed by atoms with van der Waals surface area (Å²) in [6.07, 6.45) is 3.16. The van der Waals surface area contributed by atoms with Crippen LogP contribution in [0.2, 0.25) is 0 Å². The highest BCUT2D eigenvalue weighted by Gasteiger charge is 2.31. The van der Waals surface area contributed by atoms with Crippen LogP contribution in [-0.4, -0.2) is 58.2 Å². The Morgan fingerprint density at radius 2 is 1.90 bits per heavy atom. The number of rotatable bonds is 8. The number of carbonyl (C=O) groups excluding carboxylic acids is 2. The van der Waals surface area contributed by atoms with E-state index in [1.54, 1.807) is 13.4 Å². The SMILES string of the molecule is C=CCNC(=O)C(=O)NC[C@@H](c1ccco1)[NH+]1CCN(c2ccc(OC)cc2)CC1. The second-order valence-corrected chi connectivity index (χ2v) is 7.12. The van der Waals surface area contributed by atoms with E-state index in [2.05, 4.69) is 34.2 Å². The lowest BCUT2D eigenvalue weighted by Crippen LogP contribution is -3.15. The highest BCUT2D eigenvalue weighted by molar-refractivity contribution is 6.35. The lowest BCUT2D eigenvalue weighted by atomic mass is 10.1. The van der Waals surface area contributed by atoms with Gasteiger partial charge in [0.2, 0.25) is 0 Å². The number of amides is 2. The zero-order valence-corrected chi connectivity index (χ0v) is 17.2. The summed E-state index contributed by atoms with van der Waals surface area (Å²) < 4.78 is 10.9. The molecule has 8 heteroatoms. The van der Waals surface area contributed by atoms with Gasteiger partial charge in [0, 0.05) is 12.2 Å². The third-order valence-electron chi connectivity index (χ3n) is 5.30. The number of furan rings is 1. The molecule has 30 heavy (non-hydrogen) atoms. The summed E-state index contributed by atoms with van der Waals surface area (Å²) in [5.74, 6) is 0.334. The monoisotopic (exact) mass is 413 g/mol. The number of piperazine rings is 1. The quantitative estimate of drug-likeness (QED) is 0.424. The normalized spacial score (nSPS) is 15.3. The van der Waals surface area contributed by atoms with Crippen LogP contribution in [0.1, 0.15) is 11.8 Å². The molecule has 1 aromatic heterocycles. The molecule has 2 heterocycles. The van der Waals surface area contributed by atoms with Gasteiger partial charge in [-0.3, -0.25) is 9.59 Å². The van der Waals surface area contributed by atoms with Gasteiger partial charge in [-0.2, -0.15) is 0 Å². The molecule has 3 N–H and O–H groups in total. The van der Waals surface area contributed by atoms with E-state index in [1.807, 2.05) is 24.3 Å². The average molecular weight is 413 g/mol. The molecule has 1 atom stereocenters. The van der Waals surface area contributed by atoms with Crippen LogP contribution >= 0.6 is 0 Å². The lowest BCUT2D eigenvalue weighted by molar-refractivity contribution is -0.932. The van der Waals surface area contributed by atoms with Crippen LogP contribution < -0.4 is 25.2 Å². The van der Waals surface area contributed by atoms with Gasteiger partial charge in [0.05, 0.1) is 46.1 Å². The van der Waals surface area contributed by atoms with Gasteiger partial charge in [-0.05, 0) is 36.4 Å². The fourth-order valence-electron chi connectivity index (χ4n) is 3.65. The summed E-state index contributed by atoms with van der Waals surface area (Å²) >= 11 is 0. The topological polar surface area (TPSA) is 88.2 Å². The molecule has 0 bridgehead atoms. The maximum atomic E-state index is 12.1. The molecule has 1 fully saturated rings. The first-order valence-electron chi connectivity index (χ1n) is 10.1. The van der Waals surface area contributed by atoms with Crippen LogP contribution in [0.3, 0.4) is 0 Å². The molecule has 0 aliphatic carbocycles. The molecule has 1 aliphatic heterocycles. The summed E-state index contributed by atoms with van der Waals surface area (Å²) in [6.45, 7) is 7.64. The van der Waals surface area contributed by atoms with E-state index in [4.69, 9.17) is 9.15 Å². The Labute approximate surface area is 176 Å². The van der Waals surface area contributed by atoms with Crippen molar-refractivity contribution in [3.05, 3.63) is 61.1 Å². The minimum absolute atomic E-state index is 0.0610. The zero-order valence-electron chi connectivity index (χ0n) is 17.2. The lowest BCUT2D eigenvalue weighted by Gasteiger charge is -2.37. The number of carbonyl (C=O) groups is 2. The van der Waals surface area contributed by atoms with E-state index >= 15 is 0 Å². The van der Waals surface area contributed by atoms with Gasteiger partial charge >= 0.3 is 11.8 Å². The molecular weight excluding hydrogens is 384 g/mol. The molecule has 1 aromatic carbocycles. The van der Waals surface area contributed by atoms with Crippen molar-refractivity contribution in [1.82, 2.24) is 10.6 Å². The van der Waals surface area contributed by atoms with Gasteiger partial charge in [-0.1, -0.05) is 6.08 Å². The summed E-state index contributed by atoms with van der Waals surface area (Å²) in [7, 11) is 1.66. The highest BCUT2D eigenvalue weighted by Crippen LogP contribution is 2.19. The van der Waals surface area contributed by atoms with Crippen LogP contribution in [0.5, 0.6) is 5.75 Å². The molecule has 2 amide bonds. The maximum Gasteiger partial charge on any atom is 0.309 e. The van der Waals surface area contributed by atoms with Crippen molar-refractivity contribution in [3.63, 3.8) is 0 Å². The fraction of sp³-hybridized carbons (Fsp3) is 0.364. The van der Waals surface area contributed by atoms with E-state index < -0.39 is 11.8 Å². The molecule has 0 unspecified atom stereocenters. The number of benzene rings is 1. The van der Waals surface area contributed by atoms with Crippen molar-refractivity contribution < 1.29 is 23.6 Å². The van der Waals surface area contributed by atoms with Gasteiger partial charge in [0.1, 0.15) is 5.75 Å². The first kappa shape index (κ1) is 21.4. The Balaban J connectivity index is 1.59. The number of hydrogen-bond acceptors (Lipinski definition) is 5. The minimum Gasteiger partial charge on any atom is -0.497 e. The Bertz CT molecular complexity index is 827. The zero-order chi connectivity index (χ0) is 21.3. The van der Waals surface area contributed by atoms with Crippen molar-refractivity contribution in [2.75, 3.05) is 51.3 Å². The Morgan fingerprint density at radius 3 is 2.50 bits per heavy atom. The number of nitrogens with one attached hydrogen (secondary N) is 3. The molecule has 8 nitrogen and oxygen atoms in total. The molecule has 0 saturated carbocycles. The molecule has 0 radical (unpaired) electrons. The van der Waals surface area contributed by atoms with Crippen molar-refractivity contribution in [3.8, 4) is 5.75 Å². The molecule has 0 spiro atoms. The Hall–Kier alpha value is -3.26. The smallest absolute Gasteiger partial charge is 0.309 e. The average Bonchev–Trinajstić information content (AvgIpc) is 3.32. The maximum absolute atomic E-state index is 12.1. The van der Waals surface area contributed by atoms with Gasteiger partial charge in [0.15, 0.2) is 11.8 Å². The third-order valence-corrected chi connectivity index (χ3v) is 5.30. The summed E-state index contributed by atoms with van der Waals surface area (Å²) in [5.41, 5.74) is 1.16. The van der Waals surface area contributed by atoms with Gasteiger partial charge in [0.25, 0.3) is 0 Å². The van der Waals surface area contributed by atoms with Crippen LogP contribution in [0.4, 0.5) is 5.69 Å². The molecule has 3 rings (SSSR count). The number of hydrogen-bond donors (Lipinski definition) is 3. The van der Waals surface area contributed by atoms with Crippen LogP contribution in [0, 0.1) is 0 Å². The third kappa shape index (κ3) is 5.42. The van der Waals surface area contributed by atoms with Crippen molar-refractivity contribution in [2.24, 2.45) is 0 Å². The summed E-state index contributed by atoms with van der Waals surface area (Å²) in [5, 5.41) is 5.23. The highest BCUT2D eigenvalue weighted by atomic mass is 16.5. The molecule has 1 saturated heterocycles. The van der Waals surface area contributed by atoms with E-state index in [0.717, 1.165) is 43.4 Å². The standard InChI is InChI=1S/C22H28N4O4/c1-3-10-23-21(27)22(28)24-16-19(20-5-4-15-30-20)26-13-11-25(12-14-26)17-6-8-18(29-2)9-7-17/h3-9,15,19H,1,10-14,16H2,2H3,(H,23,27)(H,24,28)/p+1/t19-/m0/s1. The Morgan fingerprint density at radius 1 is 1.20 bits per heavy atom. The van der Waals surface area contributed by atoms with Crippen LogP contribution in [-0.2, 0) is 9.59 Å². The molecule has 2 aromatic rings. The number of nitrogens with zero attached hydrogens (tertiary/aromatic N) is 1. The predicted molar refractivity (Wildman–Crippen MR) is 114 cm³/mol.